The molecular weight excluding hydrogens is 194 g/mol. The summed E-state index contributed by atoms with van der Waals surface area (Å²) in [6, 6.07) is 3.82. The van der Waals surface area contributed by atoms with Gasteiger partial charge in [0, 0.05) is 13.7 Å². The van der Waals surface area contributed by atoms with Crippen LogP contribution in [0, 0.1) is 6.92 Å². The van der Waals surface area contributed by atoms with Crippen molar-refractivity contribution in [3.05, 3.63) is 17.8 Å². The number of rotatable bonds is 6. The van der Waals surface area contributed by atoms with Crippen molar-refractivity contribution in [3.63, 3.8) is 0 Å². The average Bonchev–Trinajstić information content (AvgIpc) is 2.22. The SMILES string of the molecule is COCC(CCO)Nc1ccc(C)nn1. The molecule has 5 heteroatoms. The van der Waals surface area contributed by atoms with Crippen molar-refractivity contribution in [2.75, 3.05) is 25.6 Å². The third-order valence-corrected chi connectivity index (χ3v) is 2.00. The number of hydrogen-bond acceptors (Lipinski definition) is 5. The number of hydrogen-bond donors (Lipinski definition) is 2. The van der Waals surface area contributed by atoms with E-state index in [1.54, 1.807) is 7.11 Å². The first kappa shape index (κ1) is 11.9. The van der Waals surface area contributed by atoms with E-state index in [0.29, 0.717) is 18.8 Å². The minimum atomic E-state index is 0.0667. The van der Waals surface area contributed by atoms with Crippen LogP contribution < -0.4 is 5.32 Å². The molecule has 15 heavy (non-hydrogen) atoms. The fourth-order valence-corrected chi connectivity index (χ4v) is 1.24. The van der Waals surface area contributed by atoms with Crippen molar-refractivity contribution in [1.29, 1.82) is 0 Å². The highest BCUT2D eigenvalue weighted by molar-refractivity contribution is 5.34. The summed E-state index contributed by atoms with van der Waals surface area (Å²) in [5.41, 5.74) is 0.881. The van der Waals surface area contributed by atoms with Gasteiger partial charge in [0.1, 0.15) is 5.82 Å². The Labute approximate surface area is 89.5 Å². The number of aliphatic hydroxyl groups is 1. The summed E-state index contributed by atoms with van der Waals surface area (Å²) in [6.07, 6.45) is 0.628. The molecule has 5 nitrogen and oxygen atoms in total. The van der Waals surface area contributed by atoms with Crippen LogP contribution in [0.4, 0.5) is 5.82 Å². The van der Waals surface area contributed by atoms with E-state index >= 15 is 0 Å². The Bertz CT molecular complexity index is 271. The third kappa shape index (κ3) is 4.22. The highest BCUT2D eigenvalue weighted by Gasteiger charge is 2.08. The molecule has 0 fully saturated rings. The van der Waals surface area contributed by atoms with Gasteiger partial charge < -0.3 is 15.2 Å². The number of ether oxygens (including phenoxy) is 1. The molecule has 0 aliphatic heterocycles. The molecule has 1 heterocycles. The molecule has 0 aliphatic rings. The van der Waals surface area contributed by atoms with Gasteiger partial charge in [-0.2, -0.15) is 5.10 Å². The highest BCUT2D eigenvalue weighted by Crippen LogP contribution is 2.05. The lowest BCUT2D eigenvalue weighted by Crippen LogP contribution is -2.26. The van der Waals surface area contributed by atoms with E-state index in [2.05, 4.69) is 15.5 Å². The van der Waals surface area contributed by atoms with Gasteiger partial charge in [0.15, 0.2) is 0 Å². The lowest BCUT2D eigenvalue weighted by Gasteiger charge is -2.16. The largest absolute Gasteiger partial charge is 0.396 e. The predicted octanol–water partition coefficient (Wildman–Crippen LogP) is 0.594. The number of aromatic nitrogens is 2. The Balaban J connectivity index is 2.53. The maximum absolute atomic E-state index is 8.85. The minimum absolute atomic E-state index is 0.0667. The van der Waals surface area contributed by atoms with Gasteiger partial charge in [-0.3, -0.25) is 0 Å². The van der Waals surface area contributed by atoms with E-state index in [1.807, 2.05) is 19.1 Å². The van der Waals surface area contributed by atoms with Crippen LogP contribution in [0.5, 0.6) is 0 Å². The molecule has 0 aliphatic carbocycles. The first-order valence-corrected chi connectivity index (χ1v) is 4.93. The summed E-state index contributed by atoms with van der Waals surface area (Å²) >= 11 is 0. The van der Waals surface area contributed by atoms with Gasteiger partial charge in [-0.25, -0.2) is 0 Å². The van der Waals surface area contributed by atoms with Gasteiger partial charge in [0.2, 0.25) is 0 Å². The van der Waals surface area contributed by atoms with E-state index in [9.17, 15) is 0 Å². The Morgan fingerprint density at radius 2 is 2.27 bits per heavy atom. The number of aryl methyl sites for hydroxylation is 1. The normalized spacial score (nSPS) is 12.5. The number of nitrogens with zero attached hydrogens (tertiary/aromatic N) is 2. The molecule has 0 saturated heterocycles. The van der Waals surface area contributed by atoms with E-state index in [0.717, 1.165) is 5.69 Å². The molecule has 0 aromatic carbocycles. The summed E-state index contributed by atoms with van der Waals surface area (Å²) in [5, 5.41) is 19.9. The van der Waals surface area contributed by atoms with Crippen molar-refractivity contribution in [2.24, 2.45) is 0 Å². The highest BCUT2D eigenvalue weighted by atomic mass is 16.5. The quantitative estimate of drug-likeness (QED) is 0.721. The number of anilines is 1. The second-order valence-corrected chi connectivity index (χ2v) is 3.37. The van der Waals surface area contributed by atoms with E-state index in [1.165, 1.54) is 0 Å². The molecule has 0 saturated carbocycles. The fraction of sp³-hybridized carbons (Fsp3) is 0.600. The summed E-state index contributed by atoms with van der Waals surface area (Å²) in [7, 11) is 1.63. The van der Waals surface area contributed by atoms with E-state index in [-0.39, 0.29) is 12.6 Å². The van der Waals surface area contributed by atoms with Crippen LogP contribution in [0.3, 0.4) is 0 Å². The summed E-state index contributed by atoms with van der Waals surface area (Å²) in [5.74, 6) is 0.705. The Kier molecular flexibility index (Phi) is 5.00. The molecule has 0 radical (unpaired) electrons. The molecule has 1 atom stereocenters. The standard InChI is InChI=1S/C10H17N3O2/c1-8-3-4-10(13-12-8)11-9(5-6-14)7-15-2/h3-4,9,14H,5-7H2,1-2H3,(H,11,13). The Morgan fingerprint density at radius 3 is 2.80 bits per heavy atom. The van der Waals surface area contributed by atoms with Crippen LogP contribution in [0.1, 0.15) is 12.1 Å². The zero-order chi connectivity index (χ0) is 11.1. The second-order valence-electron chi connectivity index (χ2n) is 3.37. The number of methoxy groups -OCH3 is 1. The maximum Gasteiger partial charge on any atom is 0.148 e. The van der Waals surface area contributed by atoms with Crippen molar-refractivity contribution >= 4 is 5.82 Å². The van der Waals surface area contributed by atoms with Gasteiger partial charge in [-0.15, -0.1) is 5.10 Å². The van der Waals surface area contributed by atoms with Crippen molar-refractivity contribution in [1.82, 2.24) is 10.2 Å². The molecule has 0 spiro atoms. The van der Waals surface area contributed by atoms with Crippen LogP contribution in [0.25, 0.3) is 0 Å². The summed E-state index contributed by atoms with van der Waals surface area (Å²) in [6.45, 7) is 2.55. The average molecular weight is 211 g/mol. The van der Waals surface area contributed by atoms with Crippen molar-refractivity contribution in [2.45, 2.75) is 19.4 Å². The second kappa shape index (κ2) is 6.31. The van der Waals surface area contributed by atoms with E-state index in [4.69, 9.17) is 9.84 Å². The topological polar surface area (TPSA) is 67.3 Å². The van der Waals surface area contributed by atoms with Crippen LogP contribution in [0.2, 0.25) is 0 Å². The van der Waals surface area contributed by atoms with Crippen LogP contribution in [0.15, 0.2) is 12.1 Å². The molecule has 1 aromatic heterocycles. The zero-order valence-electron chi connectivity index (χ0n) is 9.10. The molecular formula is C10H17N3O2. The summed E-state index contributed by atoms with van der Waals surface area (Å²) in [4.78, 5) is 0. The third-order valence-electron chi connectivity index (χ3n) is 2.00. The first-order chi connectivity index (χ1) is 7.26. The van der Waals surface area contributed by atoms with Crippen molar-refractivity contribution in [3.8, 4) is 0 Å². The predicted molar refractivity (Wildman–Crippen MR) is 57.8 cm³/mol. The van der Waals surface area contributed by atoms with E-state index < -0.39 is 0 Å². The number of nitrogens with one attached hydrogen (secondary N) is 1. The molecule has 84 valence electrons. The van der Waals surface area contributed by atoms with Crippen LogP contribution in [-0.2, 0) is 4.74 Å². The summed E-state index contributed by atoms with van der Waals surface area (Å²) < 4.78 is 5.03. The monoisotopic (exact) mass is 211 g/mol. The first-order valence-electron chi connectivity index (χ1n) is 4.93. The molecule has 0 amide bonds. The molecule has 1 unspecified atom stereocenters. The minimum Gasteiger partial charge on any atom is -0.396 e. The van der Waals surface area contributed by atoms with Gasteiger partial charge >= 0.3 is 0 Å². The maximum atomic E-state index is 8.85. The Morgan fingerprint density at radius 1 is 1.47 bits per heavy atom. The van der Waals surface area contributed by atoms with Gasteiger partial charge in [-0.1, -0.05) is 0 Å². The van der Waals surface area contributed by atoms with Crippen LogP contribution in [-0.4, -0.2) is 41.7 Å². The van der Waals surface area contributed by atoms with Gasteiger partial charge in [-0.05, 0) is 25.5 Å². The molecule has 1 aromatic rings. The lowest BCUT2D eigenvalue weighted by molar-refractivity contribution is 0.170. The fourth-order valence-electron chi connectivity index (χ4n) is 1.24. The van der Waals surface area contributed by atoms with Gasteiger partial charge in [0.25, 0.3) is 0 Å². The molecule has 0 bridgehead atoms. The van der Waals surface area contributed by atoms with Crippen molar-refractivity contribution < 1.29 is 9.84 Å². The van der Waals surface area contributed by atoms with Gasteiger partial charge in [0.05, 0.1) is 18.3 Å². The van der Waals surface area contributed by atoms with Crippen LogP contribution >= 0.6 is 0 Å². The Hall–Kier alpha value is -1.20. The number of aliphatic hydroxyl groups excluding tert-OH is 1. The molecule has 2 N–H and O–H groups in total. The molecule has 1 rings (SSSR count). The smallest absolute Gasteiger partial charge is 0.148 e. The lowest BCUT2D eigenvalue weighted by atomic mass is 10.2. The zero-order valence-corrected chi connectivity index (χ0v) is 9.10.